The van der Waals surface area contributed by atoms with Crippen molar-refractivity contribution < 1.29 is 0 Å². The summed E-state index contributed by atoms with van der Waals surface area (Å²) in [5.41, 5.74) is 1.29. The van der Waals surface area contributed by atoms with E-state index >= 15 is 0 Å². The molecule has 0 fully saturated rings. The molecule has 116 valence electrons. The van der Waals surface area contributed by atoms with Gasteiger partial charge in [0.15, 0.2) is 5.13 Å². The highest BCUT2D eigenvalue weighted by atomic mass is 32.1. The minimum atomic E-state index is 0.961. The van der Waals surface area contributed by atoms with Crippen LogP contribution < -0.4 is 10.2 Å². The summed E-state index contributed by atoms with van der Waals surface area (Å²) in [4.78, 5) is 10.7. The van der Waals surface area contributed by atoms with Gasteiger partial charge in [0, 0.05) is 31.6 Å². The third-order valence-corrected chi connectivity index (χ3v) is 4.39. The van der Waals surface area contributed by atoms with Crippen LogP contribution in [0.1, 0.15) is 37.3 Å². The molecule has 0 bridgehead atoms. The average Bonchev–Trinajstić information content (AvgIpc) is 2.80. The minimum Gasteiger partial charge on any atom is -0.350 e. The van der Waals surface area contributed by atoms with Gasteiger partial charge in [-0.05, 0) is 33.5 Å². The summed E-state index contributed by atoms with van der Waals surface area (Å²) < 4.78 is 0. The summed E-state index contributed by atoms with van der Waals surface area (Å²) in [6, 6.07) is 0. The Morgan fingerprint density at radius 1 is 1.10 bits per heavy atom. The summed E-state index contributed by atoms with van der Waals surface area (Å²) in [7, 11) is 6.36. The van der Waals surface area contributed by atoms with E-state index in [9.17, 15) is 0 Å². The van der Waals surface area contributed by atoms with Crippen molar-refractivity contribution in [3.8, 4) is 0 Å². The Kier molecular flexibility index (Phi) is 8.11. The Labute approximate surface area is 128 Å². The molecule has 0 unspecified atom stereocenters. The fourth-order valence-electron chi connectivity index (χ4n) is 1.93. The van der Waals surface area contributed by atoms with Crippen LogP contribution in [-0.2, 0) is 13.0 Å². The van der Waals surface area contributed by atoms with E-state index in [1.54, 1.807) is 0 Å². The molecule has 0 spiro atoms. The minimum absolute atomic E-state index is 0.961. The molecule has 1 aromatic rings. The van der Waals surface area contributed by atoms with E-state index in [0.29, 0.717) is 0 Å². The van der Waals surface area contributed by atoms with Crippen LogP contribution in [0.4, 0.5) is 5.13 Å². The number of likely N-dealkylation sites (N-methyl/N-ethyl adjacent to an activating group) is 2. The lowest BCUT2D eigenvalue weighted by Crippen LogP contribution is -2.28. The molecular weight excluding hydrogens is 268 g/mol. The molecule has 0 saturated carbocycles. The zero-order valence-corrected chi connectivity index (χ0v) is 14.5. The highest BCUT2D eigenvalue weighted by Crippen LogP contribution is 2.26. The average molecular weight is 299 g/mol. The number of hydrogen-bond acceptors (Lipinski definition) is 5. The number of aryl methyl sites for hydroxylation is 1. The summed E-state index contributed by atoms with van der Waals surface area (Å²) in [5.74, 6) is 0. The molecular formula is C15H30N4S. The molecule has 4 nitrogen and oxygen atoms in total. The number of thiazole rings is 1. The molecule has 0 atom stereocenters. The van der Waals surface area contributed by atoms with E-state index in [2.05, 4.69) is 50.1 Å². The van der Waals surface area contributed by atoms with Crippen molar-refractivity contribution in [2.75, 3.05) is 45.7 Å². The Morgan fingerprint density at radius 3 is 2.45 bits per heavy atom. The SMILES string of the molecule is CCCNCc1sc(N(C)CCN(C)C)nc1CCC. The molecule has 5 heteroatoms. The first-order valence-corrected chi connectivity index (χ1v) is 8.45. The van der Waals surface area contributed by atoms with Crippen LogP contribution in [0, 0.1) is 0 Å². The fourth-order valence-corrected chi connectivity index (χ4v) is 2.99. The number of hydrogen-bond donors (Lipinski definition) is 1. The zero-order chi connectivity index (χ0) is 15.0. The van der Waals surface area contributed by atoms with Gasteiger partial charge in [-0.3, -0.25) is 0 Å². The highest BCUT2D eigenvalue weighted by molar-refractivity contribution is 7.15. The quantitative estimate of drug-likeness (QED) is 0.673. The van der Waals surface area contributed by atoms with Gasteiger partial charge in [-0.2, -0.15) is 0 Å². The van der Waals surface area contributed by atoms with E-state index < -0.39 is 0 Å². The molecule has 0 aromatic carbocycles. The topological polar surface area (TPSA) is 31.4 Å². The highest BCUT2D eigenvalue weighted by Gasteiger charge is 2.13. The van der Waals surface area contributed by atoms with Crippen LogP contribution in [0.2, 0.25) is 0 Å². The maximum atomic E-state index is 4.84. The summed E-state index contributed by atoms with van der Waals surface area (Å²) in [6.45, 7) is 8.54. The smallest absolute Gasteiger partial charge is 0.185 e. The van der Waals surface area contributed by atoms with Crippen molar-refractivity contribution >= 4 is 16.5 Å². The Morgan fingerprint density at radius 2 is 1.85 bits per heavy atom. The third kappa shape index (κ3) is 5.77. The molecule has 0 amide bonds. The van der Waals surface area contributed by atoms with E-state index in [4.69, 9.17) is 4.98 Å². The first kappa shape index (κ1) is 17.4. The van der Waals surface area contributed by atoms with Gasteiger partial charge in [0.1, 0.15) is 0 Å². The van der Waals surface area contributed by atoms with Crippen molar-refractivity contribution in [3.05, 3.63) is 10.6 Å². The normalized spacial score (nSPS) is 11.3. The Hall–Kier alpha value is -0.650. The first-order chi connectivity index (χ1) is 9.58. The van der Waals surface area contributed by atoms with Gasteiger partial charge >= 0.3 is 0 Å². The molecule has 1 heterocycles. The van der Waals surface area contributed by atoms with Crippen LogP contribution >= 0.6 is 11.3 Å². The van der Waals surface area contributed by atoms with Crippen molar-refractivity contribution in [2.45, 2.75) is 39.7 Å². The number of anilines is 1. The molecule has 20 heavy (non-hydrogen) atoms. The van der Waals surface area contributed by atoms with Crippen molar-refractivity contribution in [3.63, 3.8) is 0 Å². The number of aromatic nitrogens is 1. The third-order valence-electron chi connectivity index (χ3n) is 3.18. The standard InChI is InChI=1S/C15H30N4S/c1-6-8-13-14(12-16-9-7-2)20-15(17-13)19(5)11-10-18(3)4/h16H,6-12H2,1-5H3. The monoisotopic (exact) mass is 298 g/mol. The molecule has 0 aliphatic heterocycles. The van der Waals surface area contributed by atoms with E-state index in [-0.39, 0.29) is 0 Å². The van der Waals surface area contributed by atoms with Gasteiger partial charge in [-0.15, -0.1) is 11.3 Å². The molecule has 0 aliphatic carbocycles. The lowest BCUT2D eigenvalue weighted by molar-refractivity contribution is 0.416. The maximum absolute atomic E-state index is 4.84. The van der Waals surface area contributed by atoms with Crippen LogP contribution in [0.15, 0.2) is 0 Å². The van der Waals surface area contributed by atoms with Gasteiger partial charge in [-0.1, -0.05) is 20.3 Å². The molecule has 1 rings (SSSR count). The largest absolute Gasteiger partial charge is 0.350 e. The van der Waals surface area contributed by atoms with Gasteiger partial charge < -0.3 is 15.1 Å². The number of rotatable bonds is 10. The summed E-state index contributed by atoms with van der Waals surface area (Å²) in [6.07, 6.45) is 3.42. The summed E-state index contributed by atoms with van der Waals surface area (Å²) in [5, 5.41) is 4.65. The van der Waals surface area contributed by atoms with Crippen LogP contribution in [-0.4, -0.2) is 50.7 Å². The van der Waals surface area contributed by atoms with Crippen LogP contribution in [0.5, 0.6) is 0 Å². The first-order valence-electron chi connectivity index (χ1n) is 7.63. The van der Waals surface area contributed by atoms with Crippen molar-refractivity contribution in [1.29, 1.82) is 0 Å². The van der Waals surface area contributed by atoms with E-state index in [1.165, 1.54) is 17.0 Å². The predicted octanol–water partition coefficient (Wildman–Crippen LogP) is 2.59. The van der Waals surface area contributed by atoms with Crippen LogP contribution in [0.25, 0.3) is 0 Å². The zero-order valence-electron chi connectivity index (χ0n) is 13.7. The van der Waals surface area contributed by atoms with Crippen molar-refractivity contribution in [1.82, 2.24) is 15.2 Å². The predicted molar refractivity (Wildman–Crippen MR) is 89.9 cm³/mol. The van der Waals surface area contributed by atoms with E-state index in [0.717, 1.165) is 44.2 Å². The second kappa shape index (κ2) is 9.32. The van der Waals surface area contributed by atoms with Crippen molar-refractivity contribution in [2.24, 2.45) is 0 Å². The Balaban J connectivity index is 2.68. The Bertz CT molecular complexity index is 376. The number of nitrogens with zero attached hydrogens (tertiary/aromatic N) is 3. The molecule has 0 aliphatic rings. The molecule has 1 N–H and O–H groups in total. The van der Waals surface area contributed by atoms with Gasteiger partial charge in [0.2, 0.25) is 0 Å². The fraction of sp³-hybridized carbons (Fsp3) is 0.800. The maximum Gasteiger partial charge on any atom is 0.185 e. The molecule has 0 radical (unpaired) electrons. The van der Waals surface area contributed by atoms with E-state index in [1.807, 2.05) is 11.3 Å². The van der Waals surface area contributed by atoms with Gasteiger partial charge in [0.05, 0.1) is 5.69 Å². The summed E-state index contributed by atoms with van der Waals surface area (Å²) >= 11 is 1.84. The van der Waals surface area contributed by atoms with Gasteiger partial charge in [0.25, 0.3) is 0 Å². The number of nitrogens with one attached hydrogen (secondary N) is 1. The lowest BCUT2D eigenvalue weighted by atomic mass is 10.2. The molecule has 1 aromatic heterocycles. The lowest BCUT2D eigenvalue weighted by Gasteiger charge is -2.18. The second-order valence-electron chi connectivity index (χ2n) is 5.52. The molecule has 0 saturated heterocycles. The van der Waals surface area contributed by atoms with Crippen LogP contribution in [0.3, 0.4) is 0 Å². The second-order valence-corrected chi connectivity index (χ2v) is 6.58. The van der Waals surface area contributed by atoms with Gasteiger partial charge in [-0.25, -0.2) is 4.98 Å².